The second kappa shape index (κ2) is 8.07. The predicted molar refractivity (Wildman–Crippen MR) is 149 cm³/mol. The Kier molecular flexibility index (Phi) is 5.48. The highest BCUT2D eigenvalue weighted by molar-refractivity contribution is 5.31. The number of fused-ring (bicyclic) bond motifs is 4. The van der Waals surface area contributed by atoms with Crippen LogP contribution in [-0.4, -0.2) is 30.0 Å². The minimum absolute atomic E-state index is 0.0790. The summed E-state index contributed by atoms with van der Waals surface area (Å²) in [6, 6.07) is 10.8. The van der Waals surface area contributed by atoms with Crippen molar-refractivity contribution in [1.82, 2.24) is 5.32 Å². The summed E-state index contributed by atoms with van der Waals surface area (Å²) in [6.07, 6.45) is 12.4. The quantitative estimate of drug-likeness (QED) is 0.464. The molecule has 5 aliphatic carbocycles. The average molecular weight is 506 g/mol. The van der Waals surface area contributed by atoms with Crippen LogP contribution in [0, 0.1) is 50.7 Å². The van der Waals surface area contributed by atoms with Crippen LogP contribution in [0.5, 0.6) is 0 Å². The number of aliphatic hydroxyl groups excluding tert-OH is 1. The Bertz CT molecular complexity index is 1040. The third-order valence-electron chi connectivity index (χ3n) is 14.3. The van der Waals surface area contributed by atoms with Gasteiger partial charge in [0.05, 0.1) is 18.3 Å². The van der Waals surface area contributed by atoms with Crippen molar-refractivity contribution in [3.8, 4) is 0 Å². The van der Waals surface area contributed by atoms with Crippen LogP contribution in [0.2, 0.25) is 0 Å². The van der Waals surface area contributed by atoms with E-state index in [9.17, 15) is 5.11 Å². The van der Waals surface area contributed by atoms with Crippen molar-refractivity contribution < 1.29 is 9.84 Å². The molecule has 6 fully saturated rings. The highest BCUT2D eigenvalue weighted by Crippen LogP contribution is 2.89. The van der Waals surface area contributed by atoms with Gasteiger partial charge in [0.15, 0.2) is 0 Å². The molecule has 3 nitrogen and oxygen atoms in total. The van der Waals surface area contributed by atoms with Crippen LogP contribution >= 0.6 is 0 Å². The Morgan fingerprint density at radius 3 is 2.43 bits per heavy atom. The van der Waals surface area contributed by atoms with Gasteiger partial charge in [-0.25, -0.2) is 0 Å². The molecule has 1 heterocycles. The van der Waals surface area contributed by atoms with Gasteiger partial charge in [0.2, 0.25) is 0 Å². The first-order chi connectivity index (χ1) is 17.6. The minimum Gasteiger partial charge on any atom is -0.393 e. The summed E-state index contributed by atoms with van der Waals surface area (Å²) in [5, 5.41) is 14.7. The van der Waals surface area contributed by atoms with Crippen LogP contribution < -0.4 is 5.32 Å². The average Bonchev–Trinajstić information content (AvgIpc) is 3.46. The van der Waals surface area contributed by atoms with Crippen molar-refractivity contribution in [2.45, 2.75) is 117 Å². The van der Waals surface area contributed by atoms with Crippen molar-refractivity contribution in [3.63, 3.8) is 0 Å². The van der Waals surface area contributed by atoms with Crippen LogP contribution in [0.1, 0.15) is 98.0 Å². The van der Waals surface area contributed by atoms with E-state index in [2.05, 4.69) is 70.3 Å². The Hall–Kier alpha value is -0.900. The number of hydrogen-bond acceptors (Lipinski definition) is 3. The summed E-state index contributed by atoms with van der Waals surface area (Å²) in [5.41, 5.74) is 3.29. The van der Waals surface area contributed by atoms with E-state index >= 15 is 0 Å². The number of nitrogens with one attached hydrogen (secondary N) is 1. The van der Waals surface area contributed by atoms with E-state index in [1.54, 1.807) is 0 Å². The normalized spacial score (nSPS) is 53.3. The second-order valence-corrected chi connectivity index (χ2v) is 15.7. The molecule has 0 amide bonds. The fourth-order valence-electron chi connectivity index (χ4n) is 12.5. The third-order valence-corrected chi connectivity index (χ3v) is 14.3. The number of aliphatic hydroxyl groups is 1. The molecule has 204 valence electrons. The molecule has 2 N–H and O–H groups in total. The number of rotatable bonds is 4. The molecule has 1 aromatic carbocycles. The molecule has 37 heavy (non-hydrogen) atoms. The highest BCUT2D eigenvalue weighted by Gasteiger charge is 2.83. The highest BCUT2D eigenvalue weighted by atomic mass is 16.5. The molecule has 11 atom stereocenters. The van der Waals surface area contributed by atoms with Gasteiger partial charge >= 0.3 is 0 Å². The zero-order valence-electron chi connectivity index (χ0n) is 24.1. The van der Waals surface area contributed by atoms with E-state index in [0.29, 0.717) is 45.7 Å². The van der Waals surface area contributed by atoms with E-state index in [4.69, 9.17) is 4.74 Å². The lowest BCUT2D eigenvalue weighted by molar-refractivity contribution is -0.166. The Morgan fingerprint density at radius 2 is 1.65 bits per heavy atom. The Morgan fingerprint density at radius 1 is 0.919 bits per heavy atom. The van der Waals surface area contributed by atoms with Crippen LogP contribution in [0.3, 0.4) is 0 Å². The lowest BCUT2D eigenvalue weighted by atomic mass is 9.41. The standard InChI is InChI=1S/C34H51NO2/c1-22-17-24(20-35-19-23-9-7-6-8-10-23)37-25-18-32(5)27-12-11-26-30(2,3)28(36)13-14-33(26)21-34(27,33)16-15-31(32,4)29(22)25/h6-10,22,24-29,35-36H,11-21H2,1-5H3. The maximum Gasteiger partial charge on any atom is 0.0706 e. The van der Waals surface area contributed by atoms with Gasteiger partial charge < -0.3 is 15.2 Å². The first-order valence-electron chi connectivity index (χ1n) is 15.7. The summed E-state index contributed by atoms with van der Waals surface area (Å²) in [7, 11) is 0. The summed E-state index contributed by atoms with van der Waals surface area (Å²) >= 11 is 0. The molecule has 1 saturated heterocycles. The molecule has 0 bridgehead atoms. The lowest BCUT2D eigenvalue weighted by Gasteiger charge is -2.63. The van der Waals surface area contributed by atoms with Crippen LogP contribution in [0.25, 0.3) is 0 Å². The van der Waals surface area contributed by atoms with Gasteiger partial charge in [-0.3, -0.25) is 0 Å². The molecule has 7 rings (SSSR count). The van der Waals surface area contributed by atoms with E-state index in [1.807, 2.05) is 0 Å². The van der Waals surface area contributed by atoms with E-state index in [-0.39, 0.29) is 11.5 Å². The van der Waals surface area contributed by atoms with E-state index in [1.165, 1.54) is 56.9 Å². The molecule has 5 saturated carbocycles. The summed E-state index contributed by atoms with van der Waals surface area (Å²) in [4.78, 5) is 0. The molecule has 6 aliphatic rings. The fraction of sp³-hybridized carbons (Fsp3) is 0.824. The number of benzene rings is 1. The first-order valence-corrected chi connectivity index (χ1v) is 15.7. The smallest absolute Gasteiger partial charge is 0.0706 e. The summed E-state index contributed by atoms with van der Waals surface area (Å²) in [6.45, 7) is 14.6. The number of ether oxygens (including phenoxy) is 1. The maximum atomic E-state index is 10.9. The molecule has 1 aliphatic heterocycles. The lowest BCUT2D eigenvalue weighted by Crippen LogP contribution is -2.58. The first kappa shape index (κ1) is 25.1. The maximum absolute atomic E-state index is 10.9. The van der Waals surface area contributed by atoms with Crippen LogP contribution in [0.15, 0.2) is 30.3 Å². The van der Waals surface area contributed by atoms with E-state index in [0.717, 1.165) is 31.3 Å². The van der Waals surface area contributed by atoms with Gasteiger partial charge in [-0.2, -0.15) is 0 Å². The van der Waals surface area contributed by atoms with Gasteiger partial charge in [-0.15, -0.1) is 0 Å². The molecule has 1 aromatic rings. The van der Waals surface area contributed by atoms with Gasteiger partial charge in [-0.1, -0.05) is 65.0 Å². The molecule has 2 spiro atoms. The van der Waals surface area contributed by atoms with Gasteiger partial charge in [0, 0.05) is 13.1 Å². The summed E-state index contributed by atoms with van der Waals surface area (Å²) in [5.74, 6) is 3.00. The molecule has 0 aromatic heterocycles. The van der Waals surface area contributed by atoms with Crippen molar-refractivity contribution in [2.24, 2.45) is 50.7 Å². The predicted octanol–water partition coefficient (Wildman–Crippen LogP) is 6.98. The monoisotopic (exact) mass is 505 g/mol. The van der Waals surface area contributed by atoms with Crippen LogP contribution in [-0.2, 0) is 11.3 Å². The van der Waals surface area contributed by atoms with Crippen molar-refractivity contribution in [2.75, 3.05) is 6.54 Å². The largest absolute Gasteiger partial charge is 0.393 e. The Balaban J connectivity index is 1.11. The second-order valence-electron chi connectivity index (χ2n) is 15.7. The van der Waals surface area contributed by atoms with Gasteiger partial charge in [0.1, 0.15) is 0 Å². The molecule has 3 heteroatoms. The topological polar surface area (TPSA) is 41.5 Å². The number of hydrogen-bond donors (Lipinski definition) is 2. The fourth-order valence-corrected chi connectivity index (χ4v) is 12.5. The SMILES string of the molecule is CC1CC(CNCc2ccccc2)OC2CC3(C)C4CCC5C(C)(C)C(O)CCC56CC46CCC3(C)C12. The molecular weight excluding hydrogens is 454 g/mol. The summed E-state index contributed by atoms with van der Waals surface area (Å²) < 4.78 is 7.02. The molecular formula is C34H51NO2. The van der Waals surface area contributed by atoms with Crippen molar-refractivity contribution >= 4 is 0 Å². The van der Waals surface area contributed by atoms with E-state index < -0.39 is 0 Å². The molecule has 0 radical (unpaired) electrons. The Labute approximate surface area is 225 Å². The van der Waals surface area contributed by atoms with Crippen molar-refractivity contribution in [3.05, 3.63) is 35.9 Å². The third kappa shape index (κ3) is 3.17. The van der Waals surface area contributed by atoms with Gasteiger partial charge in [0.25, 0.3) is 0 Å². The van der Waals surface area contributed by atoms with Gasteiger partial charge in [-0.05, 0) is 114 Å². The zero-order valence-corrected chi connectivity index (χ0v) is 24.1. The van der Waals surface area contributed by atoms with Crippen LogP contribution in [0.4, 0.5) is 0 Å². The molecule has 11 unspecified atom stereocenters. The minimum atomic E-state index is -0.113. The zero-order chi connectivity index (χ0) is 25.8. The van der Waals surface area contributed by atoms with Crippen molar-refractivity contribution in [1.29, 1.82) is 0 Å².